The fourth-order valence-corrected chi connectivity index (χ4v) is 5.88. The van der Waals surface area contributed by atoms with Crippen LogP contribution in [0.25, 0.3) is 0 Å². The van der Waals surface area contributed by atoms with Gasteiger partial charge in [0.15, 0.2) is 6.61 Å². The number of halogens is 3. The molecule has 0 unspecified atom stereocenters. The Labute approximate surface area is 291 Å². The highest BCUT2D eigenvalue weighted by atomic mass is 32.2. The van der Waals surface area contributed by atoms with Gasteiger partial charge >= 0.3 is 18.2 Å². The van der Waals surface area contributed by atoms with Crippen molar-refractivity contribution in [2.24, 2.45) is 0 Å². The number of rotatable bonds is 11. The van der Waals surface area contributed by atoms with Crippen molar-refractivity contribution >= 4 is 34.1 Å². The zero-order valence-electron chi connectivity index (χ0n) is 28.8. The Balaban J connectivity index is 0.000000483. The van der Waals surface area contributed by atoms with E-state index >= 15 is 0 Å². The van der Waals surface area contributed by atoms with Gasteiger partial charge in [-0.25, -0.2) is 18.0 Å². The first kappa shape index (κ1) is 41.5. The summed E-state index contributed by atoms with van der Waals surface area (Å²) in [6.45, 7) is 10.8. The van der Waals surface area contributed by atoms with Crippen molar-refractivity contribution in [3.63, 3.8) is 0 Å². The van der Waals surface area contributed by atoms with Crippen molar-refractivity contribution in [2.45, 2.75) is 58.2 Å². The molecule has 3 aromatic rings. The molecule has 0 aliphatic carbocycles. The molecule has 2 N–H and O–H groups in total. The summed E-state index contributed by atoms with van der Waals surface area (Å²) in [6.07, 6.45) is -3.84. The maximum Gasteiger partial charge on any atom is 0.416 e. The number of carbonyl (C=O) groups is 3. The predicted molar refractivity (Wildman–Crippen MR) is 184 cm³/mol. The van der Waals surface area contributed by atoms with Gasteiger partial charge in [0, 0.05) is 38.4 Å². The lowest BCUT2D eigenvalue weighted by atomic mass is 10.0. The van der Waals surface area contributed by atoms with E-state index in [2.05, 4.69) is 36.6 Å². The Morgan fingerprint density at radius 2 is 1.48 bits per heavy atom. The molecular weight excluding hydrogens is 677 g/mol. The van der Waals surface area contributed by atoms with Gasteiger partial charge < -0.3 is 25.0 Å². The number of carbonyl (C=O) groups excluding carboxylic acids is 3. The van der Waals surface area contributed by atoms with Crippen molar-refractivity contribution in [3.05, 3.63) is 89.5 Å². The fourth-order valence-electron chi connectivity index (χ4n) is 4.46. The Hall–Kier alpha value is -4.63. The summed E-state index contributed by atoms with van der Waals surface area (Å²) < 4.78 is 74.9. The van der Waals surface area contributed by atoms with E-state index < -0.39 is 33.8 Å². The third kappa shape index (κ3) is 13.0. The average Bonchev–Trinajstić information content (AvgIpc) is 3.11. The van der Waals surface area contributed by atoms with Crippen LogP contribution in [0.2, 0.25) is 0 Å². The number of nitrogens with zero attached hydrogens (tertiary/aromatic N) is 2. The summed E-state index contributed by atoms with van der Waals surface area (Å²) in [6, 6.07) is 17.5. The van der Waals surface area contributed by atoms with E-state index in [0.29, 0.717) is 23.9 Å². The van der Waals surface area contributed by atoms with Gasteiger partial charge in [0.2, 0.25) is 16.4 Å². The highest BCUT2D eigenvalue weighted by molar-refractivity contribution is 7.89. The van der Waals surface area contributed by atoms with E-state index in [1.807, 2.05) is 26.0 Å². The number of piperazine rings is 1. The molecule has 50 heavy (non-hydrogen) atoms. The van der Waals surface area contributed by atoms with Crippen LogP contribution >= 0.6 is 0 Å². The monoisotopic (exact) mass is 722 g/mol. The van der Waals surface area contributed by atoms with Crippen LogP contribution in [0.1, 0.15) is 57.2 Å². The molecule has 274 valence electrons. The summed E-state index contributed by atoms with van der Waals surface area (Å²) in [7, 11) is -3.99. The Morgan fingerprint density at radius 3 is 1.98 bits per heavy atom. The van der Waals surface area contributed by atoms with E-state index in [0.717, 1.165) is 40.5 Å². The molecule has 1 saturated heterocycles. The Kier molecular flexibility index (Phi) is 16.7. The van der Waals surface area contributed by atoms with Crippen molar-refractivity contribution < 1.29 is 45.4 Å². The number of hydrogen-bond acceptors (Lipinski definition) is 7. The van der Waals surface area contributed by atoms with Crippen molar-refractivity contribution in [1.29, 1.82) is 0 Å². The van der Waals surface area contributed by atoms with Crippen molar-refractivity contribution in [3.8, 4) is 5.75 Å². The molecule has 0 bridgehead atoms. The lowest BCUT2D eigenvalue weighted by molar-refractivity contribution is -0.145. The van der Waals surface area contributed by atoms with Crippen molar-refractivity contribution in [2.75, 3.05) is 44.7 Å². The topological polar surface area (TPSA) is 134 Å². The largest absolute Gasteiger partial charge is 0.482 e. The number of anilines is 1. The number of esters is 1. The normalized spacial score (nSPS) is 13.2. The Morgan fingerprint density at radius 1 is 0.900 bits per heavy atom. The second kappa shape index (κ2) is 20.1. The number of benzene rings is 3. The van der Waals surface area contributed by atoms with Crippen LogP contribution in [0.5, 0.6) is 5.75 Å². The summed E-state index contributed by atoms with van der Waals surface area (Å²) in [4.78, 5) is 35.1. The zero-order chi connectivity index (χ0) is 37.3. The number of urea groups is 1. The van der Waals surface area contributed by atoms with Crippen LogP contribution < -0.4 is 15.4 Å². The second-order valence-electron chi connectivity index (χ2n) is 10.9. The highest BCUT2D eigenvalue weighted by Gasteiger charge is 2.33. The quantitative estimate of drug-likeness (QED) is 0.176. The molecule has 0 radical (unpaired) electrons. The first-order valence-corrected chi connectivity index (χ1v) is 17.6. The van der Waals surface area contributed by atoms with Gasteiger partial charge in [-0.05, 0) is 72.5 Å². The molecule has 11 nitrogen and oxygen atoms in total. The minimum Gasteiger partial charge on any atom is -0.482 e. The SMILES string of the molecule is CC.CC(C)c1ccc(CNC=O)cc1.CCOC(=O)COc1ccc(NC(=O)N2CCN(S(=O)(=O)c3ccc(C(F)(F)F)cc3)CC2)cc1. The second-order valence-corrected chi connectivity index (χ2v) is 12.8. The van der Waals surface area contributed by atoms with Crippen LogP contribution in [0.4, 0.5) is 23.7 Å². The molecule has 15 heteroatoms. The lowest BCUT2D eigenvalue weighted by Crippen LogP contribution is -2.51. The minimum absolute atomic E-state index is 0.00257. The highest BCUT2D eigenvalue weighted by Crippen LogP contribution is 2.30. The number of nitrogens with one attached hydrogen (secondary N) is 2. The third-order valence-electron chi connectivity index (χ3n) is 7.15. The number of amides is 3. The molecule has 0 atom stereocenters. The van der Waals surface area contributed by atoms with E-state index in [-0.39, 0.29) is 44.3 Å². The standard InChI is InChI=1S/C22H24F3N3O6S.C11H15NO.C2H6/c1-2-33-20(29)15-34-18-7-5-17(6-8-18)26-21(30)27-11-13-28(14-12-27)35(31,32)19-9-3-16(4-10-19)22(23,24)25;1-9(2)11-5-3-10(4-6-11)7-12-8-13;1-2/h3-10H,2,11-15H2,1H3,(H,26,30);3-6,8-9H,7H2,1-2H3,(H,12,13);1-2H3. The molecule has 1 fully saturated rings. The van der Waals surface area contributed by atoms with E-state index in [4.69, 9.17) is 9.47 Å². The van der Waals surface area contributed by atoms with Gasteiger partial charge in [-0.2, -0.15) is 17.5 Å². The van der Waals surface area contributed by atoms with Crippen LogP contribution in [0.3, 0.4) is 0 Å². The number of alkyl halides is 3. The first-order valence-electron chi connectivity index (χ1n) is 16.1. The first-order chi connectivity index (χ1) is 23.7. The molecule has 4 rings (SSSR count). The van der Waals surface area contributed by atoms with Gasteiger partial charge in [-0.15, -0.1) is 0 Å². The zero-order valence-corrected chi connectivity index (χ0v) is 29.6. The van der Waals surface area contributed by atoms with E-state index in [9.17, 15) is 36.0 Å². The van der Waals surface area contributed by atoms with Gasteiger partial charge in [0.05, 0.1) is 17.1 Å². The summed E-state index contributed by atoms with van der Waals surface area (Å²) >= 11 is 0. The average molecular weight is 723 g/mol. The molecular formula is C35H45F3N4O7S. The fraction of sp³-hybridized carbons (Fsp3) is 0.400. The summed E-state index contributed by atoms with van der Waals surface area (Å²) in [5.74, 6) is 0.482. The van der Waals surface area contributed by atoms with Crippen molar-refractivity contribution in [1.82, 2.24) is 14.5 Å². The molecule has 3 amide bonds. The summed E-state index contributed by atoms with van der Waals surface area (Å²) in [5.41, 5.74) is 2.00. The van der Waals surface area contributed by atoms with Gasteiger partial charge in [0.1, 0.15) is 5.75 Å². The molecule has 0 saturated carbocycles. The Bertz CT molecular complexity index is 1590. The minimum atomic E-state index is -4.56. The van der Waals surface area contributed by atoms with Crippen LogP contribution in [-0.4, -0.2) is 75.4 Å². The van der Waals surface area contributed by atoms with E-state index in [1.165, 1.54) is 10.5 Å². The smallest absolute Gasteiger partial charge is 0.416 e. The van der Waals surface area contributed by atoms with Crippen LogP contribution in [-0.2, 0) is 37.1 Å². The third-order valence-corrected chi connectivity index (χ3v) is 9.06. The maximum absolute atomic E-state index is 12.8. The molecule has 1 aliphatic rings. The van der Waals surface area contributed by atoms with E-state index in [1.54, 1.807) is 31.2 Å². The molecule has 0 spiro atoms. The van der Waals surface area contributed by atoms with Gasteiger partial charge in [0.25, 0.3) is 0 Å². The molecule has 3 aromatic carbocycles. The van der Waals surface area contributed by atoms with Crippen LogP contribution in [0.15, 0.2) is 77.7 Å². The number of hydrogen-bond donors (Lipinski definition) is 2. The van der Waals surface area contributed by atoms with Gasteiger partial charge in [-0.1, -0.05) is 52.0 Å². The summed E-state index contributed by atoms with van der Waals surface area (Å²) in [5, 5.41) is 5.33. The van der Waals surface area contributed by atoms with Crippen LogP contribution in [0, 0.1) is 0 Å². The number of sulfonamides is 1. The molecule has 1 heterocycles. The lowest BCUT2D eigenvalue weighted by Gasteiger charge is -2.34. The number of ether oxygens (including phenoxy) is 2. The van der Waals surface area contributed by atoms with Gasteiger partial charge in [-0.3, -0.25) is 4.79 Å². The molecule has 0 aromatic heterocycles. The maximum atomic E-state index is 12.8. The predicted octanol–water partition coefficient (Wildman–Crippen LogP) is 6.27. The molecule has 1 aliphatic heterocycles.